The third-order valence-electron chi connectivity index (χ3n) is 9.57. The number of nitriles is 2. The number of imidazole rings is 2. The van der Waals surface area contributed by atoms with E-state index >= 15 is 0 Å². The highest BCUT2D eigenvalue weighted by Gasteiger charge is 2.15. The van der Waals surface area contributed by atoms with Crippen molar-refractivity contribution < 1.29 is 0 Å². The summed E-state index contributed by atoms with van der Waals surface area (Å²) in [5, 5.41) is 29.5. The second kappa shape index (κ2) is 15.0. The van der Waals surface area contributed by atoms with Crippen molar-refractivity contribution in [3.05, 3.63) is 153 Å². The fourth-order valence-electron chi connectivity index (χ4n) is 6.86. The Morgan fingerprint density at radius 3 is 1.38 bits per heavy atom. The maximum Gasteiger partial charge on any atom is 0.108 e. The zero-order valence-electron chi connectivity index (χ0n) is 29.3. The molecule has 8 nitrogen and oxygen atoms in total. The van der Waals surface area contributed by atoms with E-state index in [1.54, 1.807) is 47.7 Å². The van der Waals surface area contributed by atoms with E-state index in [2.05, 4.69) is 90.0 Å². The van der Waals surface area contributed by atoms with Gasteiger partial charge in [0.15, 0.2) is 0 Å². The summed E-state index contributed by atoms with van der Waals surface area (Å²) >= 11 is 16.5. The molecule has 10 rings (SSSR count). The lowest BCUT2D eigenvalue weighted by Crippen LogP contribution is -1.96. The third-order valence-corrected chi connectivity index (χ3v) is 11.5. The molecule has 56 heavy (non-hydrogen) atoms. The molecule has 6 heterocycles. The van der Waals surface area contributed by atoms with E-state index in [1.165, 1.54) is 11.1 Å². The lowest BCUT2D eigenvalue weighted by molar-refractivity contribution is 1.09. The average Bonchev–Trinajstić information content (AvgIpc) is 4.06. The van der Waals surface area contributed by atoms with Crippen LogP contribution in [0.25, 0.3) is 77.5 Å². The molecule has 0 N–H and O–H groups in total. The molecule has 0 aliphatic carbocycles. The van der Waals surface area contributed by atoms with Gasteiger partial charge in [0.25, 0.3) is 0 Å². The molecule has 0 aliphatic rings. The first-order chi connectivity index (χ1) is 27.5. The van der Waals surface area contributed by atoms with Gasteiger partial charge in [0.2, 0.25) is 0 Å². The molecule has 0 unspecified atom stereocenters. The van der Waals surface area contributed by atoms with Crippen molar-refractivity contribution >= 4 is 89.7 Å². The molecule has 268 valence electrons. The molecule has 0 spiro atoms. The minimum absolute atomic E-state index is 0.335. The van der Waals surface area contributed by atoms with Gasteiger partial charge in [-0.2, -0.15) is 33.2 Å². The van der Waals surface area contributed by atoms with Crippen molar-refractivity contribution in [3.63, 3.8) is 0 Å². The predicted octanol–water partition coefficient (Wildman–Crippen LogP) is 12.0. The maximum absolute atomic E-state index is 8.91. The minimum Gasteiger partial charge on any atom is -0.297 e. The summed E-state index contributed by atoms with van der Waals surface area (Å²) in [5.41, 5.74) is 13.5. The van der Waals surface area contributed by atoms with Crippen molar-refractivity contribution in [2.24, 2.45) is 0 Å². The largest absolute Gasteiger partial charge is 0.297 e. The van der Waals surface area contributed by atoms with Crippen LogP contribution in [0.15, 0.2) is 131 Å². The van der Waals surface area contributed by atoms with Gasteiger partial charge in [0.1, 0.15) is 23.7 Å². The fourth-order valence-corrected chi connectivity index (χ4v) is 8.78. The molecule has 4 aromatic carbocycles. The molecule has 6 aromatic heterocycles. The first kappa shape index (κ1) is 35.3. The second-order valence-corrected chi connectivity index (χ2v) is 15.3. The van der Waals surface area contributed by atoms with E-state index in [0.29, 0.717) is 22.9 Å². The van der Waals surface area contributed by atoms with Crippen molar-refractivity contribution in [2.45, 2.75) is 12.8 Å². The minimum atomic E-state index is 0.335. The number of aromatic nitrogens is 6. The Bertz CT molecular complexity index is 2940. The van der Waals surface area contributed by atoms with E-state index in [1.807, 2.05) is 57.7 Å². The average molecular weight is 802 g/mol. The van der Waals surface area contributed by atoms with Crippen LogP contribution in [0.1, 0.15) is 11.1 Å². The van der Waals surface area contributed by atoms with Gasteiger partial charge in [-0.3, -0.25) is 19.1 Å². The van der Waals surface area contributed by atoms with Gasteiger partial charge in [-0.05, 0) is 116 Å². The van der Waals surface area contributed by atoms with Crippen LogP contribution in [-0.4, -0.2) is 29.1 Å². The number of thiophene rings is 2. The Hall–Kier alpha value is -6.40. The predicted molar refractivity (Wildman–Crippen MR) is 228 cm³/mol. The SMILES string of the molecule is N#CCc1ccc(-n2cnc3cnc4ccc(-c5ccsc5)cc4c32)c(Cl)c1.N#CCc1ccc(-n2cnc3cnc4ccc(-c5ccsc5)cc4c32)c(Cl)c1. The van der Waals surface area contributed by atoms with Gasteiger partial charge < -0.3 is 0 Å². The van der Waals surface area contributed by atoms with Gasteiger partial charge in [-0.25, -0.2) is 9.97 Å². The highest BCUT2D eigenvalue weighted by atomic mass is 35.5. The standard InChI is InChI=1S/2C22H13ClN4S/c2*23-18-9-14(5-7-24)1-4-21(18)27-13-26-20-11-25-19-3-2-15(10-17(19)22(20)27)16-6-8-28-12-16/h2*1-4,6,8-13H,5H2. The summed E-state index contributed by atoms with van der Waals surface area (Å²) in [6, 6.07) is 32.5. The van der Waals surface area contributed by atoms with Gasteiger partial charge in [0.05, 0.1) is 80.9 Å². The molecule has 0 atom stereocenters. The lowest BCUT2D eigenvalue weighted by Gasteiger charge is -2.10. The molecule has 0 fully saturated rings. The Kier molecular flexibility index (Phi) is 9.48. The molecule has 0 aliphatic heterocycles. The van der Waals surface area contributed by atoms with Crippen LogP contribution < -0.4 is 0 Å². The van der Waals surface area contributed by atoms with Crippen LogP contribution in [0.2, 0.25) is 10.0 Å². The van der Waals surface area contributed by atoms with Gasteiger partial charge in [-0.1, -0.05) is 47.5 Å². The molecule has 10 aromatic rings. The molecule has 0 bridgehead atoms. The zero-order valence-corrected chi connectivity index (χ0v) is 32.4. The van der Waals surface area contributed by atoms with Crippen molar-refractivity contribution in [3.8, 4) is 45.8 Å². The first-order valence-electron chi connectivity index (χ1n) is 17.4. The van der Waals surface area contributed by atoms with Crippen LogP contribution in [0.5, 0.6) is 0 Å². The number of hydrogen-bond acceptors (Lipinski definition) is 8. The molecule has 0 saturated heterocycles. The van der Waals surface area contributed by atoms with Crippen molar-refractivity contribution in [1.82, 2.24) is 29.1 Å². The van der Waals surface area contributed by atoms with Gasteiger partial charge >= 0.3 is 0 Å². The quantitative estimate of drug-likeness (QED) is 0.166. The van der Waals surface area contributed by atoms with Crippen LogP contribution >= 0.6 is 45.9 Å². The van der Waals surface area contributed by atoms with Gasteiger partial charge in [-0.15, -0.1) is 0 Å². The Morgan fingerprint density at radius 2 is 0.982 bits per heavy atom. The number of rotatable bonds is 6. The highest BCUT2D eigenvalue weighted by Crippen LogP contribution is 2.34. The maximum atomic E-state index is 8.91. The molecule has 12 heteroatoms. The van der Waals surface area contributed by atoms with E-state index in [4.69, 9.17) is 33.7 Å². The number of hydrogen-bond donors (Lipinski definition) is 0. The number of pyridine rings is 2. The Balaban J connectivity index is 0.000000146. The number of benzene rings is 4. The summed E-state index contributed by atoms with van der Waals surface area (Å²) in [7, 11) is 0. The highest BCUT2D eigenvalue weighted by molar-refractivity contribution is 7.08. The third kappa shape index (κ3) is 6.55. The van der Waals surface area contributed by atoms with Crippen LogP contribution in [0, 0.1) is 22.7 Å². The van der Waals surface area contributed by atoms with Crippen LogP contribution in [0.4, 0.5) is 0 Å². The van der Waals surface area contributed by atoms with E-state index in [0.717, 1.165) is 77.5 Å². The molecular formula is C44H26Cl2N8S2. The van der Waals surface area contributed by atoms with Gasteiger partial charge in [0, 0.05) is 10.8 Å². The summed E-state index contributed by atoms with van der Waals surface area (Å²) < 4.78 is 3.99. The first-order valence-corrected chi connectivity index (χ1v) is 20.0. The summed E-state index contributed by atoms with van der Waals surface area (Å²) in [4.78, 5) is 18.2. The normalized spacial score (nSPS) is 11.1. The smallest absolute Gasteiger partial charge is 0.108 e. The number of fused-ring (bicyclic) bond motifs is 6. The van der Waals surface area contributed by atoms with E-state index in [9.17, 15) is 0 Å². The van der Waals surface area contributed by atoms with Crippen molar-refractivity contribution in [1.29, 1.82) is 10.5 Å². The molecular weight excluding hydrogens is 776 g/mol. The van der Waals surface area contributed by atoms with Crippen molar-refractivity contribution in [2.75, 3.05) is 0 Å². The summed E-state index contributed by atoms with van der Waals surface area (Å²) in [6.45, 7) is 0. The second-order valence-electron chi connectivity index (χ2n) is 12.9. The zero-order chi connectivity index (χ0) is 38.2. The van der Waals surface area contributed by atoms with Crippen LogP contribution in [0.3, 0.4) is 0 Å². The fraction of sp³-hybridized carbons (Fsp3) is 0.0455. The Labute approximate surface area is 338 Å². The number of halogens is 2. The van der Waals surface area contributed by atoms with Crippen LogP contribution in [-0.2, 0) is 12.8 Å². The Morgan fingerprint density at radius 1 is 0.518 bits per heavy atom. The molecule has 0 radical (unpaired) electrons. The molecule has 0 amide bonds. The summed E-state index contributed by atoms with van der Waals surface area (Å²) in [5.74, 6) is 0. The monoisotopic (exact) mass is 800 g/mol. The lowest BCUT2D eigenvalue weighted by atomic mass is 10.1. The molecule has 0 saturated carbocycles. The number of nitrogens with zero attached hydrogens (tertiary/aromatic N) is 8. The van der Waals surface area contributed by atoms with E-state index < -0.39 is 0 Å². The topological polar surface area (TPSA) is 109 Å². The summed E-state index contributed by atoms with van der Waals surface area (Å²) in [6.07, 6.45) is 7.79. The van der Waals surface area contributed by atoms with E-state index in [-0.39, 0.29) is 0 Å².